The third-order valence-corrected chi connectivity index (χ3v) is 3.15. The fraction of sp³-hybridized carbons (Fsp3) is 0.385. The fourth-order valence-electron chi connectivity index (χ4n) is 2.13. The summed E-state index contributed by atoms with van der Waals surface area (Å²) in [7, 11) is 0.992. The van der Waals surface area contributed by atoms with Crippen LogP contribution in [0.2, 0.25) is 12.6 Å². The number of ether oxygens (including phenoxy) is 1. The molecule has 18 heavy (non-hydrogen) atoms. The zero-order chi connectivity index (χ0) is 12.8. The third kappa shape index (κ3) is 3.12. The molecule has 1 fully saturated rings. The minimum absolute atomic E-state index is 0.252. The van der Waals surface area contributed by atoms with Crippen molar-refractivity contribution in [2.45, 2.75) is 25.3 Å². The number of rotatable bonds is 3. The van der Waals surface area contributed by atoms with Crippen molar-refractivity contribution in [1.82, 2.24) is 4.90 Å². The minimum atomic E-state index is -0.393. The molecule has 1 atom stereocenters. The molecule has 0 saturated carbocycles. The van der Waals surface area contributed by atoms with Crippen LogP contribution >= 0.6 is 0 Å². The van der Waals surface area contributed by atoms with E-state index in [1.807, 2.05) is 30.3 Å². The molecule has 1 amide bonds. The molecule has 0 aromatic heterocycles. The van der Waals surface area contributed by atoms with Gasteiger partial charge in [-0.05, 0) is 5.56 Å². The highest BCUT2D eigenvalue weighted by Crippen LogP contribution is 2.13. The lowest BCUT2D eigenvalue weighted by molar-refractivity contribution is -0.111. The first-order valence-corrected chi connectivity index (χ1v) is 6.24. The van der Waals surface area contributed by atoms with E-state index in [0.29, 0.717) is 6.54 Å². The van der Waals surface area contributed by atoms with Gasteiger partial charge in [-0.3, -0.25) is 4.90 Å². The van der Waals surface area contributed by atoms with Gasteiger partial charge in [0.1, 0.15) is 20.2 Å². The standard InChI is InChI=1S/C13H16BNO3/c16-9-12-8-14-6-7-15(12)13(17)18-10-11-4-2-1-3-5-11/h1-5,9,12,14H,6-8,10H2/t12-/m1/s1. The van der Waals surface area contributed by atoms with E-state index in [2.05, 4.69) is 0 Å². The number of hydrogen-bond donors (Lipinski definition) is 0. The van der Waals surface area contributed by atoms with Gasteiger partial charge in [0.2, 0.25) is 0 Å². The largest absolute Gasteiger partial charge is 0.445 e. The summed E-state index contributed by atoms with van der Waals surface area (Å²) >= 11 is 0. The van der Waals surface area contributed by atoms with Crippen LogP contribution in [-0.4, -0.2) is 37.1 Å². The first-order chi connectivity index (χ1) is 8.81. The van der Waals surface area contributed by atoms with Gasteiger partial charge in [-0.25, -0.2) is 4.79 Å². The molecule has 1 heterocycles. The SMILES string of the molecule is O=C[C@H]1CBCCN1C(=O)OCc1ccccc1. The molecule has 94 valence electrons. The molecule has 2 rings (SSSR count). The van der Waals surface area contributed by atoms with E-state index in [1.54, 1.807) is 0 Å². The molecule has 0 radical (unpaired) electrons. The lowest BCUT2D eigenvalue weighted by Crippen LogP contribution is -2.46. The molecule has 0 aliphatic carbocycles. The molecule has 1 aliphatic heterocycles. The number of aldehydes is 1. The molecule has 4 nitrogen and oxygen atoms in total. The van der Waals surface area contributed by atoms with E-state index in [4.69, 9.17) is 4.74 Å². The average molecular weight is 245 g/mol. The topological polar surface area (TPSA) is 46.6 Å². The molecule has 0 N–H and O–H groups in total. The van der Waals surface area contributed by atoms with Crippen LogP contribution in [0.15, 0.2) is 30.3 Å². The van der Waals surface area contributed by atoms with E-state index < -0.39 is 6.09 Å². The molecule has 1 aliphatic rings. The van der Waals surface area contributed by atoms with E-state index in [0.717, 1.165) is 31.8 Å². The molecular formula is C13H16BNO3. The second-order valence-electron chi connectivity index (χ2n) is 4.43. The lowest BCUT2D eigenvalue weighted by atomic mass is 9.66. The van der Waals surface area contributed by atoms with Crippen molar-refractivity contribution in [3.63, 3.8) is 0 Å². The van der Waals surface area contributed by atoms with Gasteiger partial charge in [-0.1, -0.05) is 43.0 Å². The Morgan fingerprint density at radius 3 is 2.94 bits per heavy atom. The van der Waals surface area contributed by atoms with Gasteiger partial charge in [0.05, 0.1) is 6.04 Å². The fourth-order valence-corrected chi connectivity index (χ4v) is 2.13. The monoisotopic (exact) mass is 245 g/mol. The highest BCUT2D eigenvalue weighted by molar-refractivity contribution is 6.36. The highest BCUT2D eigenvalue weighted by atomic mass is 16.6. The molecule has 5 heteroatoms. The van der Waals surface area contributed by atoms with Gasteiger partial charge in [-0.15, -0.1) is 0 Å². The maximum atomic E-state index is 11.9. The van der Waals surface area contributed by atoms with Crippen LogP contribution in [0.4, 0.5) is 4.79 Å². The Bertz CT molecular complexity index is 410. The summed E-state index contributed by atoms with van der Waals surface area (Å²) < 4.78 is 5.23. The van der Waals surface area contributed by atoms with Gasteiger partial charge >= 0.3 is 6.09 Å². The Kier molecular flexibility index (Phi) is 4.39. The number of nitrogens with zero attached hydrogens (tertiary/aromatic N) is 1. The number of benzene rings is 1. The molecule has 0 unspecified atom stereocenters. The smallest absolute Gasteiger partial charge is 0.410 e. The molecular weight excluding hydrogens is 229 g/mol. The maximum absolute atomic E-state index is 11.9. The van der Waals surface area contributed by atoms with Gasteiger partial charge < -0.3 is 9.53 Å². The van der Waals surface area contributed by atoms with E-state index in [9.17, 15) is 9.59 Å². The Labute approximate surface area is 107 Å². The summed E-state index contributed by atoms with van der Waals surface area (Å²) in [6.45, 7) is 0.860. The van der Waals surface area contributed by atoms with Crippen molar-refractivity contribution in [3.8, 4) is 0 Å². The van der Waals surface area contributed by atoms with Gasteiger partial charge in [0, 0.05) is 6.54 Å². The number of hydrogen-bond acceptors (Lipinski definition) is 3. The van der Waals surface area contributed by atoms with Gasteiger partial charge in [0.15, 0.2) is 0 Å². The summed E-state index contributed by atoms with van der Waals surface area (Å²) in [5.74, 6) is 0. The summed E-state index contributed by atoms with van der Waals surface area (Å²) in [6, 6.07) is 9.21. The number of carbonyl (C=O) groups is 2. The van der Waals surface area contributed by atoms with Crippen molar-refractivity contribution < 1.29 is 14.3 Å². The van der Waals surface area contributed by atoms with Crippen LogP contribution in [0, 0.1) is 0 Å². The van der Waals surface area contributed by atoms with E-state index in [1.165, 1.54) is 4.90 Å². The minimum Gasteiger partial charge on any atom is -0.445 e. The van der Waals surface area contributed by atoms with Crippen LogP contribution in [-0.2, 0) is 16.1 Å². The quantitative estimate of drug-likeness (QED) is 0.598. The molecule has 1 aromatic rings. The molecule has 0 bridgehead atoms. The van der Waals surface area contributed by atoms with Crippen LogP contribution in [0.5, 0.6) is 0 Å². The molecule has 0 spiro atoms. The van der Waals surface area contributed by atoms with Crippen molar-refractivity contribution in [2.75, 3.05) is 6.54 Å². The normalized spacial score (nSPS) is 18.9. The predicted molar refractivity (Wildman–Crippen MR) is 69.9 cm³/mol. The van der Waals surface area contributed by atoms with Crippen LogP contribution in [0.25, 0.3) is 0 Å². The third-order valence-electron chi connectivity index (χ3n) is 3.15. The Balaban J connectivity index is 1.89. The van der Waals surface area contributed by atoms with Crippen molar-refractivity contribution in [2.24, 2.45) is 0 Å². The van der Waals surface area contributed by atoms with Crippen LogP contribution in [0.1, 0.15) is 5.56 Å². The van der Waals surface area contributed by atoms with E-state index >= 15 is 0 Å². The second-order valence-corrected chi connectivity index (χ2v) is 4.43. The zero-order valence-corrected chi connectivity index (χ0v) is 10.2. The highest BCUT2D eigenvalue weighted by Gasteiger charge is 2.27. The van der Waals surface area contributed by atoms with Gasteiger partial charge in [-0.2, -0.15) is 0 Å². The second kappa shape index (κ2) is 6.24. The predicted octanol–water partition coefficient (Wildman–Crippen LogP) is 1.48. The Morgan fingerprint density at radius 2 is 2.22 bits per heavy atom. The number of amides is 1. The van der Waals surface area contributed by atoms with E-state index in [-0.39, 0.29) is 12.6 Å². The van der Waals surface area contributed by atoms with Gasteiger partial charge in [0.25, 0.3) is 0 Å². The maximum Gasteiger partial charge on any atom is 0.410 e. The summed E-state index contributed by atoms with van der Waals surface area (Å²) in [4.78, 5) is 24.3. The lowest BCUT2D eigenvalue weighted by Gasteiger charge is -2.30. The number of carbonyl (C=O) groups excluding carboxylic acids is 2. The van der Waals surface area contributed by atoms with Crippen molar-refractivity contribution in [1.29, 1.82) is 0 Å². The Hall–Kier alpha value is -1.78. The van der Waals surface area contributed by atoms with Crippen molar-refractivity contribution >= 4 is 19.7 Å². The van der Waals surface area contributed by atoms with Crippen molar-refractivity contribution in [3.05, 3.63) is 35.9 Å². The molecule has 1 aromatic carbocycles. The zero-order valence-electron chi connectivity index (χ0n) is 10.2. The first-order valence-electron chi connectivity index (χ1n) is 6.24. The average Bonchev–Trinajstić information content (AvgIpc) is 2.45. The summed E-state index contributed by atoms with van der Waals surface area (Å²) in [6.07, 6.45) is 2.12. The summed E-state index contributed by atoms with van der Waals surface area (Å²) in [5.41, 5.74) is 0.950. The van der Waals surface area contributed by atoms with Crippen LogP contribution in [0.3, 0.4) is 0 Å². The molecule has 1 saturated heterocycles. The Morgan fingerprint density at radius 1 is 1.44 bits per heavy atom. The summed E-state index contributed by atoms with van der Waals surface area (Å²) in [5, 5.41) is 0. The first kappa shape index (κ1) is 12.7. The van der Waals surface area contributed by atoms with Crippen LogP contribution < -0.4 is 0 Å².